The van der Waals surface area contributed by atoms with Crippen molar-refractivity contribution in [3.8, 4) is 0 Å². The highest BCUT2D eigenvalue weighted by atomic mass is 35.5. The molecule has 0 aliphatic carbocycles. The molecule has 0 aromatic heterocycles. The number of rotatable bonds is 4. The maximum atomic E-state index is 12.8. The molecular weight excluding hydrogens is 324 g/mol. The number of nitrogens with zero attached hydrogens (tertiary/aromatic N) is 1. The van der Waals surface area contributed by atoms with Crippen LogP contribution in [0.1, 0.15) is 52.5 Å². The molecule has 0 bridgehead atoms. The second kappa shape index (κ2) is 7.75. The van der Waals surface area contributed by atoms with Gasteiger partial charge < -0.3 is 4.74 Å². The molecule has 5 heteroatoms. The van der Waals surface area contributed by atoms with Crippen molar-refractivity contribution in [2.45, 2.75) is 64.6 Å². The number of carbonyl (C=O) groups is 1. The number of likely N-dealkylation sites (N-methyl/N-ethyl adjacent to an activating group) is 1. The van der Waals surface area contributed by atoms with Crippen LogP contribution in [0.25, 0.3) is 0 Å². The standard InChI is InChI=1S/C19H29ClN2O2/c1-5-21-19(14-15-8-10-16(20)11-9-15)12-6-7-13-22(19)17(23)24-18(2,3)4/h8-11,21H,5-7,12-14H2,1-4H3. The summed E-state index contributed by atoms with van der Waals surface area (Å²) in [6.45, 7) is 9.31. The Morgan fingerprint density at radius 2 is 1.96 bits per heavy atom. The molecule has 134 valence electrons. The fourth-order valence-electron chi connectivity index (χ4n) is 3.32. The molecule has 1 aromatic rings. The lowest BCUT2D eigenvalue weighted by molar-refractivity contribution is -0.0265. The number of piperidine rings is 1. The molecule has 0 radical (unpaired) electrons. The van der Waals surface area contributed by atoms with E-state index < -0.39 is 11.3 Å². The first kappa shape index (κ1) is 19.1. The van der Waals surface area contributed by atoms with Crippen LogP contribution in [0.4, 0.5) is 4.79 Å². The number of benzene rings is 1. The van der Waals surface area contributed by atoms with Gasteiger partial charge in [0.25, 0.3) is 0 Å². The molecule has 1 saturated heterocycles. The molecule has 1 fully saturated rings. The van der Waals surface area contributed by atoms with Gasteiger partial charge in [0.1, 0.15) is 11.3 Å². The van der Waals surface area contributed by atoms with Crippen LogP contribution < -0.4 is 5.32 Å². The Morgan fingerprint density at radius 3 is 2.54 bits per heavy atom. The molecule has 4 nitrogen and oxygen atoms in total. The van der Waals surface area contributed by atoms with Crippen molar-refractivity contribution in [1.29, 1.82) is 0 Å². The van der Waals surface area contributed by atoms with Gasteiger partial charge in [0.05, 0.1) is 0 Å². The fourth-order valence-corrected chi connectivity index (χ4v) is 3.44. The number of hydrogen-bond acceptors (Lipinski definition) is 3. The van der Waals surface area contributed by atoms with Gasteiger partial charge in [0.2, 0.25) is 0 Å². The maximum absolute atomic E-state index is 12.8. The second-order valence-electron chi connectivity index (χ2n) is 7.45. The summed E-state index contributed by atoms with van der Waals surface area (Å²) in [5.74, 6) is 0. The van der Waals surface area contributed by atoms with Gasteiger partial charge >= 0.3 is 6.09 Å². The van der Waals surface area contributed by atoms with E-state index in [1.54, 1.807) is 0 Å². The van der Waals surface area contributed by atoms with E-state index in [-0.39, 0.29) is 6.09 Å². The number of amides is 1. The van der Waals surface area contributed by atoms with Crippen molar-refractivity contribution >= 4 is 17.7 Å². The molecule has 1 aliphatic heterocycles. The fraction of sp³-hybridized carbons (Fsp3) is 0.632. The van der Waals surface area contributed by atoms with Gasteiger partial charge in [-0.2, -0.15) is 0 Å². The van der Waals surface area contributed by atoms with E-state index in [4.69, 9.17) is 16.3 Å². The monoisotopic (exact) mass is 352 g/mol. The molecule has 2 rings (SSSR count). The highest BCUT2D eigenvalue weighted by molar-refractivity contribution is 6.30. The number of nitrogens with one attached hydrogen (secondary N) is 1. The Kier molecular flexibility index (Phi) is 6.16. The zero-order chi connectivity index (χ0) is 17.8. The SMILES string of the molecule is CCNC1(Cc2ccc(Cl)cc2)CCCCN1C(=O)OC(C)(C)C. The smallest absolute Gasteiger partial charge is 0.411 e. The highest BCUT2D eigenvalue weighted by Crippen LogP contribution is 2.31. The Labute approximate surface area is 150 Å². The quantitative estimate of drug-likeness (QED) is 0.860. The Morgan fingerprint density at radius 1 is 1.29 bits per heavy atom. The van der Waals surface area contributed by atoms with Crippen LogP contribution in [0.15, 0.2) is 24.3 Å². The molecule has 1 amide bonds. The van der Waals surface area contributed by atoms with Gasteiger partial charge in [0.15, 0.2) is 0 Å². The zero-order valence-corrected chi connectivity index (χ0v) is 15.9. The van der Waals surface area contributed by atoms with Gasteiger partial charge in [-0.05, 0) is 64.3 Å². The Hall–Kier alpha value is -1.26. The van der Waals surface area contributed by atoms with Crippen molar-refractivity contribution in [2.75, 3.05) is 13.1 Å². The number of halogens is 1. The average molecular weight is 353 g/mol. The second-order valence-corrected chi connectivity index (χ2v) is 7.89. The largest absolute Gasteiger partial charge is 0.444 e. The summed E-state index contributed by atoms with van der Waals surface area (Å²) in [6.07, 6.45) is 3.53. The van der Waals surface area contributed by atoms with Gasteiger partial charge in [-0.25, -0.2) is 4.79 Å². The summed E-state index contributed by atoms with van der Waals surface area (Å²) in [4.78, 5) is 14.7. The minimum atomic E-state index is -0.493. The van der Waals surface area contributed by atoms with Gasteiger partial charge in [-0.1, -0.05) is 30.7 Å². The zero-order valence-electron chi connectivity index (χ0n) is 15.2. The van der Waals surface area contributed by atoms with E-state index >= 15 is 0 Å². The van der Waals surface area contributed by atoms with E-state index in [1.807, 2.05) is 49.9 Å². The van der Waals surface area contributed by atoms with Gasteiger partial charge in [-0.3, -0.25) is 10.2 Å². The Bertz CT molecular complexity index is 549. The molecule has 1 N–H and O–H groups in total. The van der Waals surface area contributed by atoms with Crippen LogP contribution in [0, 0.1) is 0 Å². The van der Waals surface area contributed by atoms with Crippen molar-refractivity contribution in [1.82, 2.24) is 10.2 Å². The molecule has 0 saturated carbocycles. The highest BCUT2D eigenvalue weighted by Gasteiger charge is 2.42. The lowest BCUT2D eigenvalue weighted by Gasteiger charge is -2.48. The lowest BCUT2D eigenvalue weighted by Crippen LogP contribution is -2.64. The molecule has 0 spiro atoms. The van der Waals surface area contributed by atoms with E-state index in [0.717, 1.165) is 49.4 Å². The first-order chi connectivity index (χ1) is 11.3. The average Bonchev–Trinajstić information content (AvgIpc) is 2.48. The first-order valence-corrected chi connectivity index (χ1v) is 9.14. The molecule has 1 aromatic carbocycles. The lowest BCUT2D eigenvalue weighted by atomic mass is 9.88. The third kappa shape index (κ3) is 4.87. The topological polar surface area (TPSA) is 41.6 Å². The third-order valence-corrected chi connectivity index (χ3v) is 4.52. The third-order valence-electron chi connectivity index (χ3n) is 4.27. The van der Waals surface area contributed by atoms with Gasteiger partial charge in [0, 0.05) is 18.0 Å². The van der Waals surface area contributed by atoms with Crippen LogP contribution in [0.3, 0.4) is 0 Å². The Balaban J connectivity index is 2.27. The predicted octanol–water partition coefficient (Wildman–Crippen LogP) is 4.61. The van der Waals surface area contributed by atoms with E-state index in [2.05, 4.69) is 12.2 Å². The molecule has 1 atom stereocenters. The summed E-state index contributed by atoms with van der Waals surface area (Å²) < 4.78 is 5.66. The van der Waals surface area contributed by atoms with Crippen LogP contribution in [0.2, 0.25) is 5.02 Å². The molecule has 1 aliphatic rings. The van der Waals surface area contributed by atoms with Crippen LogP contribution in [-0.4, -0.2) is 35.3 Å². The van der Waals surface area contributed by atoms with E-state index in [0.29, 0.717) is 0 Å². The maximum Gasteiger partial charge on any atom is 0.411 e. The number of hydrogen-bond donors (Lipinski definition) is 1. The predicted molar refractivity (Wildman–Crippen MR) is 98.4 cm³/mol. The van der Waals surface area contributed by atoms with Crippen molar-refractivity contribution in [3.05, 3.63) is 34.9 Å². The molecule has 24 heavy (non-hydrogen) atoms. The number of carbonyl (C=O) groups excluding carboxylic acids is 1. The minimum absolute atomic E-state index is 0.239. The summed E-state index contributed by atoms with van der Waals surface area (Å²) >= 11 is 6.00. The number of likely N-dealkylation sites (tertiary alicyclic amines) is 1. The summed E-state index contributed by atoms with van der Waals surface area (Å²) in [7, 11) is 0. The number of ether oxygens (including phenoxy) is 1. The van der Waals surface area contributed by atoms with Crippen molar-refractivity contribution in [3.63, 3.8) is 0 Å². The van der Waals surface area contributed by atoms with Crippen molar-refractivity contribution < 1.29 is 9.53 Å². The normalized spacial score (nSPS) is 21.6. The molecular formula is C19H29ClN2O2. The summed E-state index contributed by atoms with van der Waals surface area (Å²) in [5.41, 5.74) is 0.270. The summed E-state index contributed by atoms with van der Waals surface area (Å²) in [6, 6.07) is 7.86. The summed E-state index contributed by atoms with van der Waals surface area (Å²) in [5, 5.41) is 4.30. The molecule has 1 heterocycles. The minimum Gasteiger partial charge on any atom is -0.444 e. The van der Waals surface area contributed by atoms with Crippen molar-refractivity contribution in [2.24, 2.45) is 0 Å². The van der Waals surface area contributed by atoms with E-state index in [1.165, 1.54) is 0 Å². The first-order valence-electron chi connectivity index (χ1n) is 8.76. The van der Waals surface area contributed by atoms with Crippen LogP contribution in [-0.2, 0) is 11.2 Å². The van der Waals surface area contributed by atoms with Gasteiger partial charge in [-0.15, -0.1) is 0 Å². The molecule has 1 unspecified atom stereocenters. The van der Waals surface area contributed by atoms with Crippen LogP contribution in [0.5, 0.6) is 0 Å². The van der Waals surface area contributed by atoms with Crippen LogP contribution >= 0.6 is 11.6 Å². The van der Waals surface area contributed by atoms with E-state index in [9.17, 15) is 4.79 Å².